The lowest BCUT2D eigenvalue weighted by molar-refractivity contribution is 0.109. The highest BCUT2D eigenvalue weighted by molar-refractivity contribution is 5.38. The van der Waals surface area contributed by atoms with E-state index < -0.39 is 0 Å². The van der Waals surface area contributed by atoms with E-state index in [1.54, 1.807) is 0 Å². The predicted octanol–water partition coefficient (Wildman–Crippen LogP) is 2.89. The maximum atomic E-state index is 6.10. The summed E-state index contributed by atoms with van der Waals surface area (Å²) >= 11 is 0. The Hall–Kier alpha value is -1.36. The SMILES string of the molecule is CCCNc1cc(OC2CCN(C)CC2)nc(C(C)C)n1. The van der Waals surface area contributed by atoms with Gasteiger partial charge in [-0.2, -0.15) is 4.98 Å². The molecule has 0 radical (unpaired) electrons. The molecule has 0 spiro atoms. The van der Waals surface area contributed by atoms with E-state index in [2.05, 4.69) is 48.0 Å². The molecule has 5 nitrogen and oxygen atoms in total. The van der Waals surface area contributed by atoms with E-state index in [1.165, 1.54) is 0 Å². The highest BCUT2D eigenvalue weighted by atomic mass is 16.5. The van der Waals surface area contributed by atoms with Gasteiger partial charge in [0.05, 0.1) is 0 Å². The van der Waals surface area contributed by atoms with Gasteiger partial charge in [-0.15, -0.1) is 0 Å². The van der Waals surface area contributed by atoms with E-state index >= 15 is 0 Å². The molecule has 0 unspecified atom stereocenters. The molecule has 21 heavy (non-hydrogen) atoms. The van der Waals surface area contributed by atoms with Crippen molar-refractivity contribution in [2.24, 2.45) is 0 Å². The van der Waals surface area contributed by atoms with E-state index in [1.807, 2.05) is 6.07 Å². The Morgan fingerprint density at radius 3 is 2.67 bits per heavy atom. The summed E-state index contributed by atoms with van der Waals surface area (Å²) in [4.78, 5) is 11.5. The van der Waals surface area contributed by atoms with Gasteiger partial charge in [-0.1, -0.05) is 20.8 Å². The molecule has 0 saturated carbocycles. The Kier molecular flexibility index (Phi) is 5.79. The average Bonchev–Trinajstić information content (AvgIpc) is 2.47. The first-order valence-corrected chi connectivity index (χ1v) is 8.06. The third-order valence-electron chi connectivity index (χ3n) is 3.75. The molecule has 0 aliphatic carbocycles. The smallest absolute Gasteiger partial charge is 0.219 e. The molecule has 1 saturated heterocycles. The van der Waals surface area contributed by atoms with Gasteiger partial charge in [-0.05, 0) is 26.3 Å². The minimum atomic E-state index is 0.273. The summed E-state index contributed by atoms with van der Waals surface area (Å²) in [5.41, 5.74) is 0. The number of aromatic nitrogens is 2. The van der Waals surface area contributed by atoms with Crippen LogP contribution >= 0.6 is 0 Å². The van der Waals surface area contributed by atoms with Gasteiger partial charge in [0.1, 0.15) is 17.7 Å². The second-order valence-corrected chi connectivity index (χ2v) is 6.15. The zero-order valence-electron chi connectivity index (χ0n) is 13.7. The second kappa shape index (κ2) is 7.59. The molecule has 0 aromatic carbocycles. The fourth-order valence-corrected chi connectivity index (χ4v) is 2.38. The summed E-state index contributed by atoms with van der Waals surface area (Å²) in [6, 6.07) is 1.93. The lowest BCUT2D eigenvalue weighted by Crippen LogP contribution is -2.35. The largest absolute Gasteiger partial charge is 0.474 e. The maximum Gasteiger partial charge on any atom is 0.219 e. The summed E-state index contributed by atoms with van der Waals surface area (Å²) in [6.45, 7) is 9.47. The minimum Gasteiger partial charge on any atom is -0.474 e. The number of rotatable bonds is 6. The lowest BCUT2D eigenvalue weighted by atomic mass is 10.1. The van der Waals surface area contributed by atoms with Gasteiger partial charge in [-0.3, -0.25) is 0 Å². The van der Waals surface area contributed by atoms with E-state index in [0.29, 0.717) is 11.8 Å². The van der Waals surface area contributed by atoms with Crippen LogP contribution in [0.1, 0.15) is 51.8 Å². The van der Waals surface area contributed by atoms with Crippen LogP contribution < -0.4 is 10.1 Å². The van der Waals surface area contributed by atoms with Crippen LogP contribution in [0.4, 0.5) is 5.82 Å². The monoisotopic (exact) mass is 292 g/mol. The zero-order valence-corrected chi connectivity index (χ0v) is 13.7. The number of anilines is 1. The fraction of sp³-hybridized carbons (Fsp3) is 0.750. The molecule has 2 heterocycles. The van der Waals surface area contributed by atoms with Crippen LogP contribution in [0.15, 0.2) is 6.07 Å². The minimum absolute atomic E-state index is 0.273. The number of ether oxygens (including phenoxy) is 1. The van der Waals surface area contributed by atoms with E-state index in [9.17, 15) is 0 Å². The number of nitrogens with one attached hydrogen (secondary N) is 1. The molecule has 0 bridgehead atoms. The first kappa shape index (κ1) is 16.0. The van der Waals surface area contributed by atoms with Crippen molar-refractivity contribution >= 4 is 5.82 Å². The Labute approximate surface area is 128 Å². The highest BCUT2D eigenvalue weighted by Gasteiger charge is 2.19. The average molecular weight is 292 g/mol. The van der Waals surface area contributed by atoms with Crippen LogP contribution in [0.2, 0.25) is 0 Å². The number of likely N-dealkylation sites (tertiary alicyclic amines) is 1. The topological polar surface area (TPSA) is 50.3 Å². The predicted molar refractivity (Wildman–Crippen MR) is 86.0 cm³/mol. The summed E-state index contributed by atoms with van der Waals surface area (Å²) in [5, 5.41) is 3.33. The van der Waals surface area contributed by atoms with Crippen LogP contribution in [-0.4, -0.2) is 47.7 Å². The van der Waals surface area contributed by atoms with Crippen molar-refractivity contribution in [2.75, 3.05) is 32.0 Å². The molecule has 118 valence electrons. The Balaban J connectivity index is 2.07. The summed E-state index contributed by atoms with van der Waals surface area (Å²) < 4.78 is 6.10. The lowest BCUT2D eigenvalue weighted by Gasteiger charge is -2.29. The molecular weight excluding hydrogens is 264 g/mol. The van der Waals surface area contributed by atoms with Crippen LogP contribution in [0.3, 0.4) is 0 Å². The van der Waals surface area contributed by atoms with Gasteiger partial charge < -0.3 is 15.0 Å². The van der Waals surface area contributed by atoms with Gasteiger partial charge in [0.25, 0.3) is 0 Å². The van der Waals surface area contributed by atoms with Gasteiger partial charge in [0.15, 0.2) is 0 Å². The van der Waals surface area contributed by atoms with Gasteiger partial charge in [-0.25, -0.2) is 4.98 Å². The first-order valence-electron chi connectivity index (χ1n) is 8.06. The molecule has 5 heteroatoms. The molecular formula is C16H28N4O. The Morgan fingerprint density at radius 2 is 2.05 bits per heavy atom. The standard InChI is InChI=1S/C16H28N4O/c1-5-8-17-14-11-15(19-16(18-14)12(2)3)21-13-6-9-20(4)10-7-13/h11-13H,5-10H2,1-4H3,(H,17,18,19). The number of hydrogen-bond donors (Lipinski definition) is 1. The molecule has 1 N–H and O–H groups in total. The molecule has 1 aromatic rings. The van der Waals surface area contributed by atoms with Crippen molar-refractivity contribution in [3.63, 3.8) is 0 Å². The molecule has 2 rings (SSSR count). The summed E-state index contributed by atoms with van der Waals surface area (Å²) in [5.74, 6) is 2.73. The molecule has 1 fully saturated rings. The van der Waals surface area contributed by atoms with Gasteiger partial charge in [0.2, 0.25) is 5.88 Å². The molecule has 1 aliphatic heterocycles. The van der Waals surface area contributed by atoms with Crippen LogP contribution in [0.5, 0.6) is 5.88 Å². The third kappa shape index (κ3) is 4.84. The maximum absolute atomic E-state index is 6.10. The highest BCUT2D eigenvalue weighted by Crippen LogP contribution is 2.22. The first-order chi connectivity index (χ1) is 10.1. The van der Waals surface area contributed by atoms with Crippen molar-refractivity contribution in [1.29, 1.82) is 0 Å². The zero-order chi connectivity index (χ0) is 15.2. The third-order valence-corrected chi connectivity index (χ3v) is 3.75. The van der Waals surface area contributed by atoms with E-state index in [-0.39, 0.29) is 6.10 Å². The van der Waals surface area contributed by atoms with E-state index in [4.69, 9.17) is 4.74 Å². The van der Waals surface area contributed by atoms with Crippen molar-refractivity contribution in [3.8, 4) is 5.88 Å². The van der Waals surface area contributed by atoms with Gasteiger partial charge in [0, 0.05) is 31.6 Å². The van der Waals surface area contributed by atoms with E-state index in [0.717, 1.165) is 50.5 Å². The second-order valence-electron chi connectivity index (χ2n) is 6.15. The van der Waals surface area contributed by atoms with Gasteiger partial charge >= 0.3 is 0 Å². The molecule has 0 amide bonds. The molecule has 1 aromatic heterocycles. The van der Waals surface area contributed by atoms with Crippen molar-refractivity contribution < 1.29 is 4.74 Å². The van der Waals surface area contributed by atoms with Crippen LogP contribution in [0, 0.1) is 0 Å². The normalized spacial score (nSPS) is 17.2. The van der Waals surface area contributed by atoms with Crippen molar-refractivity contribution in [1.82, 2.24) is 14.9 Å². The molecule has 1 aliphatic rings. The number of piperidine rings is 1. The molecule has 0 atom stereocenters. The number of hydrogen-bond acceptors (Lipinski definition) is 5. The Bertz CT molecular complexity index is 442. The number of nitrogens with zero attached hydrogens (tertiary/aromatic N) is 3. The van der Waals surface area contributed by atoms with Crippen molar-refractivity contribution in [3.05, 3.63) is 11.9 Å². The Morgan fingerprint density at radius 1 is 1.33 bits per heavy atom. The fourth-order valence-electron chi connectivity index (χ4n) is 2.38. The quantitative estimate of drug-likeness (QED) is 0.873. The van der Waals surface area contributed by atoms with Crippen LogP contribution in [0.25, 0.3) is 0 Å². The van der Waals surface area contributed by atoms with Crippen LogP contribution in [-0.2, 0) is 0 Å². The van der Waals surface area contributed by atoms with Crippen molar-refractivity contribution in [2.45, 2.75) is 52.1 Å². The summed E-state index contributed by atoms with van der Waals surface area (Å²) in [7, 11) is 2.16. The summed E-state index contributed by atoms with van der Waals surface area (Å²) in [6.07, 6.45) is 3.48.